The van der Waals surface area contributed by atoms with Crippen molar-refractivity contribution in [1.29, 1.82) is 0 Å². The lowest BCUT2D eigenvalue weighted by Crippen LogP contribution is -2.42. The summed E-state index contributed by atoms with van der Waals surface area (Å²) in [6, 6.07) is 0. The highest BCUT2D eigenvalue weighted by atomic mass is 16.5. The lowest BCUT2D eigenvalue weighted by molar-refractivity contribution is -0.133. The summed E-state index contributed by atoms with van der Waals surface area (Å²) in [5.41, 5.74) is 0. The second-order valence-corrected chi connectivity index (χ2v) is 3.59. The van der Waals surface area contributed by atoms with Crippen molar-refractivity contribution in [2.24, 2.45) is 11.8 Å². The van der Waals surface area contributed by atoms with Gasteiger partial charge in [0.25, 0.3) is 0 Å². The maximum Gasteiger partial charge on any atom is 0.238 e. The Hall–Kier alpha value is -0.610. The Bertz CT molecular complexity index is 169. The topological polar surface area (TPSA) is 55.6 Å². The van der Waals surface area contributed by atoms with Crippen LogP contribution in [0.5, 0.6) is 0 Å². The predicted octanol–water partition coefficient (Wildman–Crippen LogP) is 0.525. The molecule has 0 aliphatic heterocycles. The number of nitrogens with zero attached hydrogens (tertiary/aromatic N) is 1. The first-order chi connectivity index (χ1) is 6.24. The van der Waals surface area contributed by atoms with Crippen LogP contribution in [0.15, 0.2) is 0 Å². The molecule has 13 heavy (non-hydrogen) atoms. The summed E-state index contributed by atoms with van der Waals surface area (Å²) < 4.78 is 4.80. The van der Waals surface area contributed by atoms with Crippen molar-refractivity contribution in [2.45, 2.75) is 25.7 Å². The molecule has 4 heteroatoms. The van der Waals surface area contributed by atoms with Crippen molar-refractivity contribution in [2.75, 3.05) is 20.3 Å². The Morgan fingerprint density at radius 3 is 2.77 bits per heavy atom. The number of nitrogens with two attached hydrogens (primary N) is 1. The van der Waals surface area contributed by atoms with Gasteiger partial charge in [0.1, 0.15) is 0 Å². The van der Waals surface area contributed by atoms with E-state index in [0.717, 1.165) is 0 Å². The SMILES string of the molecule is COCCC(=O)N(N)CC1CCC1. The summed E-state index contributed by atoms with van der Waals surface area (Å²) in [4.78, 5) is 11.3. The fraction of sp³-hybridized carbons (Fsp3) is 0.889. The summed E-state index contributed by atoms with van der Waals surface area (Å²) in [6.07, 6.45) is 4.10. The standard InChI is InChI=1S/C9H18N2O2/c1-13-6-5-9(12)11(10)7-8-3-2-4-8/h8H,2-7,10H2,1H3. The first-order valence-electron chi connectivity index (χ1n) is 4.78. The van der Waals surface area contributed by atoms with Gasteiger partial charge in [-0.2, -0.15) is 0 Å². The lowest BCUT2D eigenvalue weighted by atomic mass is 9.85. The Balaban J connectivity index is 2.13. The van der Waals surface area contributed by atoms with Crippen molar-refractivity contribution >= 4 is 5.91 Å². The van der Waals surface area contributed by atoms with Gasteiger partial charge in [-0.25, -0.2) is 5.84 Å². The molecule has 1 amide bonds. The van der Waals surface area contributed by atoms with Crippen LogP contribution in [-0.4, -0.2) is 31.2 Å². The molecule has 1 saturated carbocycles. The number of carbonyl (C=O) groups is 1. The van der Waals surface area contributed by atoms with Gasteiger partial charge in [-0.05, 0) is 18.8 Å². The van der Waals surface area contributed by atoms with E-state index in [1.807, 2.05) is 0 Å². The molecule has 4 nitrogen and oxygen atoms in total. The van der Waals surface area contributed by atoms with Crippen LogP contribution in [0, 0.1) is 5.92 Å². The highest BCUT2D eigenvalue weighted by Gasteiger charge is 2.21. The molecule has 1 rings (SSSR count). The third kappa shape index (κ3) is 3.32. The van der Waals surface area contributed by atoms with Crippen LogP contribution in [0.2, 0.25) is 0 Å². The number of ether oxygens (including phenoxy) is 1. The normalized spacial score (nSPS) is 16.8. The highest BCUT2D eigenvalue weighted by molar-refractivity contribution is 5.75. The zero-order valence-electron chi connectivity index (χ0n) is 8.16. The summed E-state index contributed by atoms with van der Waals surface area (Å²) in [6.45, 7) is 1.17. The van der Waals surface area contributed by atoms with E-state index < -0.39 is 0 Å². The van der Waals surface area contributed by atoms with Crippen molar-refractivity contribution in [3.05, 3.63) is 0 Å². The number of hydrazine groups is 1. The van der Waals surface area contributed by atoms with Gasteiger partial charge in [0.2, 0.25) is 5.91 Å². The second-order valence-electron chi connectivity index (χ2n) is 3.59. The van der Waals surface area contributed by atoms with Crippen LogP contribution >= 0.6 is 0 Å². The first kappa shape index (κ1) is 10.5. The second kappa shape index (κ2) is 5.19. The molecule has 2 N–H and O–H groups in total. The molecule has 1 aliphatic rings. The maximum absolute atomic E-state index is 11.3. The zero-order chi connectivity index (χ0) is 9.68. The van der Waals surface area contributed by atoms with Crippen LogP contribution in [0.1, 0.15) is 25.7 Å². The van der Waals surface area contributed by atoms with Gasteiger partial charge in [0, 0.05) is 13.7 Å². The van der Waals surface area contributed by atoms with E-state index >= 15 is 0 Å². The molecule has 0 aromatic rings. The molecule has 0 heterocycles. The van der Waals surface area contributed by atoms with Crippen LogP contribution in [-0.2, 0) is 9.53 Å². The van der Waals surface area contributed by atoms with E-state index in [1.165, 1.54) is 24.3 Å². The van der Waals surface area contributed by atoms with E-state index in [4.69, 9.17) is 10.6 Å². The van der Waals surface area contributed by atoms with Crippen molar-refractivity contribution < 1.29 is 9.53 Å². The fourth-order valence-electron chi connectivity index (χ4n) is 1.39. The Labute approximate surface area is 79.0 Å². The maximum atomic E-state index is 11.3. The third-order valence-corrected chi connectivity index (χ3v) is 2.52. The quantitative estimate of drug-likeness (QED) is 0.387. The Kier molecular flexibility index (Phi) is 4.18. The van der Waals surface area contributed by atoms with E-state index in [-0.39, 0.29) is 5.91 Å². The molecule has 0 saturated heterocycles. The van der Waals surface area contributed by atoms with Gasteiger partial charge in [-0.1, -0.05) is 6.42 Å². The number of hydrogen-bond donors (Lipinski definition) is 1. The summed E-state index contributed by atoms with van der Waals surface area (Å²) in [7, 11) is 1.58. The number of methoxy groups -OCH3 is 1. The van der Waals surface area contributed by atoms with Crippen LogP contribution in [0.4, 0.5) is 0 Å². The third-order valence-electron chi connectivity index (χ3n) is 2.52. The summed E-state index contributed by atoms with van der Waals surface area (Å²) >= 11 is 0. The molecule has 0 aromatic heterocycles. The van der Waals surface area contributed by atoms with Gasteiger partial charge >= 0.3 is 0 Å². The molecule has 0 unspecified atom stereocenters. The molecule has 0 spiro atoms. The molecule has 1 aliphatic carbocycles. The van der Waals surface area contributed by atoms with Crippen molar-refractivity contribution in [1.82, 2.24) is 5.01 Å². The Morgan fingerprint density at radius 1 is 1.62 bits per heavy atom. The lowest BCUT2D eigenvalue weighted by Gasteiger charge is -2.29. The summed E-state index contributed by atoms with van der Waals surface area (Å²) in [5, 5.41) is 1.34. The van der Waals surface area contributed by atoms with Gasteiger partial charge in [-0.3, -0.25) is 9.80 Å². The molecule has 0 atom stereocenters. The predicted molar refractivity (Wildman–Crippen MR) is 49.7 cm³/mol. The number of amides is 1. The molecule has 0 radical (unpaired) electrons. The molecule has 76 valence electrons. The Morgan fingerprint density at radius 2 is 2.31 bits per heavy atom. The monoisotopic (exact) mass is 186 g/mol. The number of rotatable bonds is 5. The van der Waals surface area contributed by atoms with Gasteiger partial charge in [-0.15, -0.1) is 0 Å². The molecule has 1 fully saturated rings. The zero-order valence-corrected chi connectivity index (χ0v) is 8.16. The van der Waals surface area contributed by atoms with E-state index in [9.17, 15) is 4.79 Å². The number of carbonyl (C=O) groups excluding carboxylic acids is 1. The van der Waals surface area contributed by atoms with Gasteiger partial charge < -0.3 is 4.74 Å². The van der Waals surface area contributed by atoms with Gasteiger partial charge in [0.15, 0.2) is 0 Å². The van der Waals surface area contributed by atoms with Crippen molar-refractivity contribution in [3.8, 4) is 0 Å². The molecular formula is C9H18N2O2. The summed E-state index contributed by atoms with van der Waals surface area (Å²) in [5.74, 6) is 6.21. The number of hydrogen-bond acceptors (Lipinski definition) is 3. The van der Waals surface area contributed by atoms with Gasteiger partial charge in [0.05, 0.1) is 13.0 Å². The van der Waals surface area contributed by atoms with E-state index in [2.05, 4.69) is 0 Å². The van der Waals surface area contributed by atoms with Crippen LogP contribution in [0.3, 0.4) is 0 Å². The molecule has 0 aromatic carbocycles. The van der Waals surface area contributed by atoms with E-state index in [0.29, 0.717) is 25.5 Å². The largest absolute Gasteiger partial charge is 0.384 e. The van der Waals surface area contributed by atoms with E-state index in [1.54, 1.807) is 7.11 Å². The minimum absolute atomic E-state index is 0.0197. The average molecular weight is 186 g/mol. The minimum Gasteiger partial charge on any atom is -0.384 e. The average Bonchev–Trinajstić information content (AvgIpc) is 2.06. The molecular weight excluding hydrogens is 168 g/mol. The molecule has 0 bridgehead atoms. The van der Waals surface area contributed by atoms with Crippen LogP contribution < -0.4 is 5.84 Å². The first-order valence-corrected chi connectivity index (χ1v) is 4.78. The van der Waals surface area contributed by atoms with Crippen molar-refractivity contribution in [3.63, 3.8) is 0 Å². The highest BCUT2D eigenvalue weighted by Crippen LogP contribution is 2.26. The minimum atomic E-state index is -0.0197. The smallest absolute Gasteiger partial charge is 0.238 e. The fourth-order valence-corrected chi connectivity index (χ4v) is 1.39. The van der Waals surface area contributed by atoms with Crippen LogP contribution in [0.25, 0.3) is 0 Å².